The summed E-state index contributed by atoms with van der Waals surface area (Å²) in [5, 5.41) is 13.2. The molecule has 1 unspecified atom stereocenters. The van der Waals surface area contributed by atoms with Crippen molar-refractivity contribution < 1.29 is 19.4 Å². The van der Waals surface area contributed by atoms with E-state index < -0.39 is 17.9 Å². The average molecular weight is 276 g/mol. The predicted octanol–water partition coefficient (Wildman–Crippen LogP) is -0.345. The normalized spacial score (nSPS) is 19.2. The van der Waals surface area contributed by atoms with Gasteiger partial charge in [-0.05, 0) is 6.07 Å². The molecule has 1 N–H and O–H groups in total. The first-order valence-electron chi connectivity index (χ1n) is 6.08. The van der Waals surface area contributed by atoms with E-state index in [0.717, 1.165) is 0 Å². The average Bonchev–Trinajstić information content (AvgIpc) is 2.90. The van der Waals surface area contributed by atoms with Crippen LogP contribution in [0.5, 0.6) is 0 Å². The van der Waals surface area contributed by atoms with Gasteiger partial charge in [-0.3, -0.25) is 4.79 Å². The van der Waals surface area contributed by atoms with Gasteiger partial charge in [0, 0.05) is 18.9 Å². The van der Waals surface area contributed by atoms with Crippen molar-refractivity contribution in [2.24, 2.45) is 0 Å². The Bertz CT molecular complexity index is 668. The summed E-state index contributed by atoms with van der Waals surface area (Å²) in [6.07, 6.45) is 4.63. The third kappa shape index (κ3) is 1.99. The quantitative estimate of drug-likeness (QED) is 0.805. The van der Waals surface area contributed by atoms with Crippen LogP contribution in [-0.4, -0.2) is 62.3 Å². The summed E-state index contributed by atoms with van der Waals surface area (Å²) < 4.78 is 6.59. The van der Waals surface area contributed by atoms with E-state index in [1.54, 1.807) is 18.5 Å². The van der Waals surface area contributed by atoms with Crippen molar-refractivity contribution >= 4 is 17.5 Å². The first kappa shape index (κ1) is 12.5. The van der Waals surface area contributed by atoms with Crippen LogP contribution in [0.15, 0.2) is 24.7 Å². The number of morpholine rings is 1. The molecular weight excluding hydrogens is 264 g/mol. The third-order valence-corrected chi connectivity index (χ3v) is 3.18. The van der Waals surface area contributed by atoms with Crippen molar-refractivity contribution in [3.8, 4) is 0 Å². The van der Waals surface area contributed by atoms with Crippen LogP contribution in [0.2, 0.25) is 0 Å². The van der Waals surface area contributed by atoms with E-state index in [4.69, 9.17) is 9.84 Å². The number of carboxylic acids is 1. The SMILES string of the molecule is O=C(O)C1COCCN1C(=O)c1cnn2cccnc12. The van der Waals surface area contributed by atoms with Gasteiger partial charge in [0.15, 0.2) is 11.7 Å². The Morgan fingerprint density at radius 3 is 3.10 bits per heavy atom. The maximum absolute atomic E-state index is 12.5. The van der Waals surface area contributed by atoms with Crippen LogP contribution in [0.1, 0.15) is 10.4 Å². The number of fused-ring (bicyclic) bond motifs is 1. The smallest absolute Gasteiger partial charge is 0.328 e. The highest BCUT2D eigenvalue weighted by atomic mass is 16.5. The molecule has 1 atom stereocenters. The van der Waals surface area contributed by atoms with Gasteiger partial charge in [-0.2, -0.15) is 5.10 Å². The number of aromatic nitrogens is 3. The molecular formula is C12H12N4O4. The highest BCUT2D eigenvalue weighted by Crippen LogP contribution is 2.15. The number of aliphatic carboxylic acids is 1. The van der Waals surface area contributed by atoms with Gasteiger partial charge in [-0.25, -0.2) is 14.3 Å². The number of carboxylic acid groups (broad SMARTS) is 1. The molecule has 0 aliphatic carbocycles. The minimum absolute atomic E-state index is 0.00624. The molecule has 0 spiro atoms. The lowest BCUT2D eigenvalue weighted by atomic mass is 10.2. The zero-order valence-electron chi connectivity index (χ0n) is 10.5. The van der Waals surface area contributed by atoms with Crippen molar-refractivity contribution in [2.45, 2.75) is 6.04 Å². The lowest BCUT2D eigenvalue weighted by Crippen LogP contribution is -2.52. The molecule has 2 aromatic rings. The molecule has 8 nitrogen and oxygen atoms in total. The Labute approximate surface area is 113 Å². The van der Waals surface area contributed by atoms with Crippen LogP contribution in [0, 0.1) is 0 Å². The molecule has 1 fully saturated rings. The maximum Gasteiger partial charge on any atom is 0.328 e. The minimum Gasteiger partial charge on any atom is -0.480 e. The van der Waals surface area contributed by atoms with Crippen LogP contribution in [0.3, 0.4) is 0 Å². The summed E-state index contributed by atoms with van der Waals surface area (Å²) in [4.78, 5) is 29.1. The van der Waals surface area contributed by atoms with E-state index in [0.29, 0.717) is 17.8 Å². The predicted molar refractivity (Wildman–Crippen MR) is 66.3 cm³/mol. The molecule has 104 valence electrons. The zero-order chi connectivity index (χ0) is 14.1. The summed E-state index contributed by atoms with van der Waals surface area (Å²) in [7, 11) is 0. The lowest BCUT2D eigenvalue weighted by molar-refractivity contribution is -0.147. The summed E-state index contributed by atoms with van der Waals surface area (Å²) in [5.41, 5.74) is 0.701. The molecule has 1 aliphatic heterocycles. The Morgan fingerprint density at radius 2 is 2.30 bits per heavy atom. The fourth-order valence-corrected chi connectivity index (χ4v) is 2.18. The van der Waals surface area contributed by atoms with Crippen molar-refractivity contribution in [3.63, 3.8) is 0 Å². The van der Waals surface area contributed by atoms with Crippen LogP contribution >= 0.6 is 0 Å². The van der Waals surface area contributed by atoms with E-state index >= 15 is 0 Å². The summed E-state index contributed by atoms with van der Waals surface area (Å²) in [6.45, 7) is 0.551. The van der Waals surface area contributed by atoms with Crippen LogP contribution in [-0.2, 0) is 9.53 Å². The number of carbonyl (C=O) groups excluding carboxylic acids is 1. The van der Waals surface area contributed by atoms with E-state index in [9.17, 15) is 9.59 Å². The third-order valence-electron chi connectivity index (χ3n) is 3.18. The second kappa shape index (κ2) is 4.89. The topological polar surface area (TPSA) is 97.0 Å². The number of rotatable bonds is 2. The molecule has 1 amide bonds. The Morgan fingerprint density at radius 1 is 1.45 bits per heavy atom. The molecule has 8 heteroatoms. The van der Waals surface area contributed by atoms with Gasteiger partial charge in [0.05, 0.1) is 19.4 Å². The molecule has 0 aromatic carbocycles. The molecule has 1 aliphatic rings. The van der Waals surface area contributed by atoms with E-state index in [1.165, 1.54) is 15.6 Å². The summed E-state index contributed by atoms with van der Waals surface area (Å²) >= 11 is 0. The molecule has 1 saturated heterocycles. The number of hydrogen-bond donors (Lipinski definition) is 1. The molecule has 2 aromatic heterocycles. The number of carbonyl (C=O) groups is 2. The second-order valence-electron chi connectivity index (χ2n) is 4.37. The first-order valence-corrected chi connectivity index (χ1v) is 6.08. The number of nitrogens with zero attached hydrogens (tertiary/aromatic N) is 4. The molecule has 0 saturated carbocycles. The summed E-state index contributed by atoms with van der Waals surface area (Å²) in [6, 6.07) is 0.721. The molecule has 20 heavy (non-hydrogen) atoms. The fourth-order valence-electron chi connectivity index (χ4n) is 2.18. The van der Waals surface area contributed by atoms with Crippen LogP contribution in [0.4, 0.5) is 0 Å². The number of ether oxygens (including phenoxy) is 1. The highest BCUT2D eigenvalue weighted by molar-refractivity contribution is 6.01. The highest BCUT2D eigenvalue weighted by Gasteiger charge is 2.34. The van der Waals surface area contributed by atoms with Gasteiger partial charge in [-0.15, -0.1) is 0 Å². The van der Waals surface area contributed by atoms with Gasteiger partial charge in [-0.1, -0.05) is 0 Å². The van der Waals surface area contributed by atoms with Crippen LogP contribution in [0.25, 0.3) is 5.65 Å². The Hall–Kier alpha value is -2.48. The van der Waals surface area contributed by atoms with E-state index in [2.05, 4.69) is 10.1 Å². The first-order chi connectivity index (χ1) is 9.68. The van der Waals surface area contributed by atoms with Gasteiger partial charge in [0.1, 0.15) is 5.56 Å². The van der Waals surface area contributed by atoms with Gasteiger partial charge in [0.2, 0.25) is 0 Å². The number of amides is 1. The minimum atomic E-state index is -1.08. The second-order valence-corrected chi connectivity index (χ2v) is 4.37. The standard InChI is InChI=1S/C12H12N4O4/c17-11(15-4-5-20-7-9(15)12(18)19)8-6-14-16-3-1-2-13-10(8)16/h1-3,6,9H,4-5,7H2,(H,18,19). The zero-order valence-corrected chi connectivity index (χ0v) is 10.5. The molecule has 3 heterocycles. The molecule has 0 bridgehead atoms. The maximum atomic E-state index is 12.5. The summed E-state index contributed by atoms with van der Waals surface area (Å²) in [5.74, 6) is -1.48. The van der Waals surface area contributed by atoms with Gasteiger partial charge in [0.25, 0.3) is 5.91 Å². The van der Waals surface area contributed by atoms with Crippen LogP contribution < -0.4 is 0 Å². The van der Waals surface area contributed by atoms with Crippen molar-refractivity contribution in [1.82, 2.24) is 19.5 Å². The molecule has 3 rings (SSSR count). The Kier molecular flexibility index (Phi) is 3.07. The monoisotopic (exact) mass is 276 g/mol. The van der Waals surface area contributed by atoms with Crippen molar-refractivity contribution in [3.05, 3.63) is 30.2 Å². The van der Waals surface area contributed by atoms with Crippen molar-refractivity contribution in [2.75, 3.05) is 19.8 Å². The largest absolute Gasteiger partial charge is 0.480 e. The van der Waals surface area contributed by atoms with Gasteiger partial charge >= 0.3 is 5.97 Å². The molecule has 0 radical (unpaired) electrons. The lowest BCUT2D eigenvalue weighted by Gasteiger charge is -2.32. The van der Waals surface area contributed by atoms with E-state index in [-0.39, 0.29) is 13.2 Å². The van der Waals surface area contributed by atoms with Gasteiger partial charge < -0.3 is 14.7 Å². The number of hydrogen-bond acceptors (Lipinski definition) is 5. The van der Waals surface area contributed by atoms with Crippen molar-refractivity contribution in [1.29, 1.82) is 0 Å². The van der Waals surface area contributed by atoms with E-state index in [1.807, 2.05) is 0 Å². The Balaban J connectivity index is 1.96. The fraction of sp³-hybridized carbons (Fsp3) is 0.333.